The summed E-state index contributed by atoms with van der Waals surface area (Å²) in [6.07, 6.45) is 53.8. The van der Waals surface area contributed by atoms with E-state index in [1.54, 1.807) is 128 Å². The Morgan fingerprint density at radius 1 is 0.256 bits per heavy atom. The summed E-state index contributed by atoms with van der Waals surface area (Å²) >= 11 is 0. The Morgan fingerprint density at radius 2 is 0.526 bits per heavy atom. The van der Waals surface area contributed by atoms with E-state index in [1.807, 2.05) is 103 Å². The van der Waals surface area contributed by atoms with Crippen molar-refractivity contribution in [3.05, 3.63) is 262 Å². The number of allylic oxidation sites excluding steroid dienone is 7. The first-order valence-corrected chi connectivity index (χ1v) is 56.5. The Labute approximate surface area is 859 Å². The molecule has 8 aromatic rings. The van der Waals surface area contributed by atoms with Crippen LogP contribution in [-0.4, -0.2) is 0 Å². The minimum atomic E-state index is 0. The predicted molar refractivity (Wildman–Crippen MR) is 558 cm³/mol. The standard InChI is InChI=1S/2C21H20.C19H20.C15H16.C15H18.2C13H16.7C2H6.2Y/c1-3-11-4-2-6-15-18(11)14(5-1)19-16-9-12-7-8-13-10-17(20(15)19)21(12,13)16;1-3-14-4-2-6-18-19(14)17(5-1)20-15-8-12-7-13(9-15)11-16(10-12)21(18)20;1-3-14-4-2-6-18-16-10-12-7-13(11-16)9-15(8-12)17(5-1)19(14)18;1-2-4-12-11(3-1)13-7-9-5-6-10-8-14(12)15(9,10)13;1-2-4-15-13-8-10-5-11(9-13)7-12(6-10)14(15)3-1;1-8-9(2)13-6-10-3-11(7-13)5-12(8)4-10;1-2-12-6-9-3-10-5-11(4-9)8-13(12)7-10;7*1-2;;/h1-6,12-13,16-17,19-20H,7-10H2;1-6,12-13,15-16H,7-11H2;1-6,12-13,15-16H,7-11H2;1-4,9-10,13-14H,5-8H2;1-4,10-13H,5-9H2;1-2,10-13H,3-7H2;1-2,9-11,13H,3-5,7-8H2;7*1-2H3;;/q;;;;;2*-2;;;;;;;;;. The monoisotopic (exact) mass is 1920 g/mol. The van der Waals surface area contributed by atoms with Crippen LogP contribution in [0.1, 0.15) is 412 Å². The summed E-state index contributed by atoms with van der Waals surface area (Å²) in [5, 5.41) is 9.25. The largest absolute Gasteiger partial charge is 0.394 e. The van der Waals surface area contributed by atoms with Crippen molar-refractivity contribution in [1.29, 1.82) is 0 Å². The van der Waals surface area contributed by atoms with E-state index in [-0.39, 0.29) is 65.4 Å². The zero-order valence-electron chi connectivity index (χ0n) is 85.1. The van der Waals surface area contributed by atoms with E-state index in [0.717, 1.165) is 188 Å². The van der Waals surface area contributed by atoms with Gasteiger partial charge in [-0.2, -0.15) is 0 Å². The average Bonchev–Trinajstić information content (AvgIpc) is 1.46. The summed E-state index contributed by atoms with van der Waals surface area (Å²) in [5.41, 5.74) is 25.5. The number of benzene rings is 8. The van der Waals surface area contributed by atoms with E-state index >= 15 is 0 Å². The molecule has 0 saturated heterocycles. The maximum atomic E-state index is 6.10. The van der Waals surface area contributed by atoms with Gasteiger partial charge in [0.2, 0.25) is 0 Å². The molecule has 0 nitrogen and oxygen atoms in total. The fourth-order valence-electron chi connectivity index (χ4n) is 38.0. The molecule has 0 N–H and O–H groups in total. The smallest absolute Gasteiger partial charge is 0 e. The van der Waals surface area contributed by atoms with Gasteiger partial charge >= 0.3 is 0 Å². The average molecular weight is 1920 g/mol. The molecule has 2 radical (unpaired) electrons. The minimum Gasteiger partial charge on any atom is -0.394 e. The molecular weight excluding hydrogens is 1750 g/mol. The molecule has 19 fully saturated rings. The molecule has 19 saturated carbocycles. The molecule has 0 aromatic heterocycles. The van der Waals surface area contributed by atoms with Crippen LogP contribution in [0.4, 0.5) is 0 Å². The number of rotatable bonds is 1. The van der Waals surface area contributed by atoms with Gasteiger partial charge in [0.15, 0.2) is 0 Å². The van der Waals surface area contributed by atoms with Crippen molar-refractivity contribution >= 4 is 43.5 Å². The van der Waals surface area contributed by atoms with Crippen LogP contribution in [0, 0.1) is 167 Å². The summed E-state index contributed by atoms with van der Waals surface area (Å²) in [5.74, 6) is 28.3. The Bertz CT molecular complexity index is 5170. The van der Waals surface area contributed by atoms with E-state index < -0.39 is 0 Å². The van der Waals surface area contributed by atoms with Crippen LogP contribution in [0.5, 0.6) is 0 Å². The Kier molecular flexibility index (Phi) is 30.8. The fraction of sp³-hybridized carbons (Fsp3) is 0.603. The van der Waals surface area contributed by atoms with Gasteiger partial charge in [0.05, 0.1) is 0 Å². The van der Waals surface area contributed by atoms with Gasteiger partial charge in [-0.3, -0.25) is 0 Å². The summed E-state index contributed by atoms with van der Waals surface area (Å²) in [4.78, 5) is 0. The first-order chi connectivity index (χ1) is 64.6. The molecule has 12 unspecified atom stereocenters. The molecule has 702 valence electrons. The molecule has 20 bridgehead atoms. The molecule has 2 heteroatoms. The molecule has 8 aromatic carbocycles. The second-order valence-electron chi connectivity index (χ2n) is 45.8. The van der Waals surface area contributed by atoms with Gasteiger partial charge in [0.25, 0.3) is 0 Å². The van der Waals surface area contributed by atoms with E-state index in [0.29, 0.717) is 11.8 Å². The van der Waals surface area contributed by atoms with Crippen LogP contribution in [-0.2, 0) is 65.4 Å². The van der Waals surface area contributed by atoms with Crippen molar-refractivity contribution in [2.24, 2.45) is 141 Å². The van der Waals surface area contributed by atoms with Crippen LogP contribution < -0.4 is 0 Å². The van der Waals surface area contributed by atoms with Gasteiger partial charge in [0.1, 0.15) is 0 Å². The SMILES string of the molecule is CC.CC.CC.CC.CC.CC.CC.[CH-]=C1C(=[CH-])C2CC3CC(CC1C3)C2.[CH-]=CC1=[C-]C2CC3CC(C2)CC1C3.[Y].[Y].c1cc2c3c(cccc3c1)C1=C2C2CC3CC(C2)CC1C3.c1cc2c3c(cccc3c1)C1C2C2CC3CCC4CC1C342.c1cc2c3c(cccc3c1)C1CC3CC(CC2C3)C1.c1ccc2c(c1)C1CC3CC(C1)CC2C3.c1ccc2c(c1)C1CC3CCC4CC2C341. The molecule has 0 aliphatic heterocycles. The van der Waals surface area contributed by atoms with Crippen LogP contribution in [0.3, 0.4) is 0 Å². The third kappa shape index (κ3) is 16.4. The second kappa shape index (κ2) is 41.6. The molecule has 30 aliphatic rings. The quantitative estimate of drug-likeness (QED) is 0.144. The zero-order valence-corrected chi connectivity index (χ0v) is 90.8. The zero-order chi connectivity index (χ0) is 90.6. The maximum absolute atomic E-state index is 6.10. The summed E-state index contributed by atoms with van der Waals surface area (Å²) in [6, 6.07) is 60.8. The van der Waals surface area contributed by atoms with Crippen molar-refractivity contribution in [1.82, 2.24) is 0 Å². The molecule has 38 rings (SSSR count). The van der Waals surface area contributed by atoms with Gasteiger partial charge in [-0.1, -0.05) is 306 Å². The first-order valence-electron chi connectivity index (χ1n) is 56.5. The third-order valence-electron chi connectivity index (χ3n) is 41.1. The summed E-state index contributed by atoms with van der Waals surface area (Å²) in [7, 11) is 0. The second-order valence-corrected chi connectivity index (χ2v) is 45.8. The number of hydrogen-bond acceptors (Lipinski definition) is 0. The normalized spacial score (nSPS) is 38.8. The molecule has 0 amide bonds. The van der Waals surface area contributed by atoms with E-state index in [9.17, 15) is 0 Å². The number of fused-ring (bicyclic) bond motifs is 9. The van der Waals surface area contributed by atoms with E-state index in [2.05, 4.69) is 164 Å². The van der Waals surface area contributed by atoms with Crippen molar-refractivity contribution in [3.8, 4) is 0 Å². The minimum absolute atomic E-state index is 0. The van der Waals surface area contributed by atoms with Crippen LogP contribution in [0.2, 0.25) is 0 Å². The third-order valence-corrected chi connectivity index (χ3v) is 41.1. The molecular formula is C131H168Y2-4. The molecule has 30 aliphatic carbocycles. The molecule has 2 spiro atoms. The van der Waals surface area contributed by atoms with Crippen LogP contribution >= 0.6 is 0 Å². The topological polar surface area (TPSA) is 0 Å². The van der Waals surface area contributed by atoms with Crippen LogP contribution in [0.15, 0.2) is 181 Å². The number of hydrogen-bond donors (Lipinski definition) is 0. The molecule has 12 atom stereocenters. The van der Waals surface area contributed by atoms with Crippen molar-refractivity contribution in [2.45, 2.75) is 356 Å². The van der Waals surface area contributed by atoms with Gasteiger partial charge in [-0.25, -0.2) is 0 Å². The fourth-order valence-corrected chi connectivity index (χ4v) is 38.0. The van der Waals surface area contributed by atoms with Crippen LogP contribution in [0.25, 0.3) is 43.5 Å². The Morgan fingerprint density at radius 3 is 0.880 bits per heavy atom. The van der Waals surface area contributed by atoms with Crippen molar-refractivity contribution < 1.29 is 65.4 Å². The van der Waals surface area contributed by atoms with Gasteiger partial charge in [-0.15, -0.1) is 23.7 Å². The van der Waals surface area contributed by atoms with E-state index in [1.165, 1.54) is 189 Å². The summed E-state index contributed by atoms with van der Waals surface area (Å²) in [6.45, 7) is 45.9. The first kappa shape index (κ1) is 98.6. The van der Waals surface area contributed by atoms with Gasteiger partial charge in [-0.05, 0) is 424 Å². The Hall–Kier alpha value is -4.55. The molecule has 0 heterocycles. The van der Waals surface area contributed by atoms with Crippen molar-refractivity contribution in [2.75, 3.05) is 0 Å². The predicted octanol–water partition coefficient (Wildman–Crippen LogP) is 37.1. The van der Waals surface area contributed by atoms with Gasteiger partial charge < -0.3 is 48.6 Å². The van der Waals surface area contributed by atoms with E-state index in [4.69, 9.17) is 19.7 Å². The summed E-state index contributed by atoms with van der Waals surface area (Å²) < 4.78 is 0. The van der Waals surface area contributed by atoms with Crippen molar-refractivity contribution in [3.63, 3.8) is 0 Å². The molecule has 133 heavy (non-hydrogen) atoms. The maximum Gasteiger partial charge on any atom is 0 e. The van der Waals surface area contributed by atoms with Gasteiger partial charge in [0, 0.05) is 65.4 Å². The Balaban J connectivity index is 0.000000102.